The van der Waals surface area contributed by atoms with Gasteiger partial charge in [-0.05, 0) is 55.2 Å². The highest BCUT2D eigenvalue weighted by Gasteiger charge is 2.56. The summed E-state index contributed by atoms with van der Waals surface area (Å²) in [5.74, 6) is -1.46. The third-order valence-electron chi connectivity index (χ3n) is 4.74. The molecule has 2 fully saturated rings. The van der Waals surface area contributed by atoms with E-state index in [0.29, 0.717) is 37.7 Å². The second kappa shape index (κ2) is 4.02. The topological polar surface area (TPSA) is 0 Å². The lowest BCUT2D eigenvalue weighted by molar-refractivity contribution is 0.176. The molecule has 0 nitrogen and oxygen atoms in total. The Morgan fingerprint density at radius 3 is 2.32 bits per heavy atom. The summed E-state index contributed by atoms with van der Waals surface area (Å²) >= 11 is 5.71. The second-order valence-corrected chi connectivity index (χ2v) is 6.21. The van der Waals surface area contributed by atoms with Crippen molar-refractivity contribution in [2.75, 3.05) is 0 Å². The van der Waals surface area contributed by atoms with Gasteiger partial charge in [0.15, 0.2) is 5.82 Å². The maximum Gasteiger partial charge on any atom is 0.152 e. The predicted octanol–water partition coefficient (Wildman–Crippen LogP) is 5.30. The molecule has 2 saturated carbocycles. The number of rotatable bonds is 2. The SMILES string of the molecule is C=C(c1c(F)ccc(Cl)c1F)C12CCC(F)(CC1)C2. The van der Waals surface area contributed by atoms with Gasteiger partial charge in [0.25, 0.3) is 0 Å². The summed E-state index contributed by atoms with van der Waals surface area (Å²) < 4.78 is 42.2. The van der Waals surface area contributed by atoms with Crippen LogP contribution in [0.4, 0.5) is 13.2 Å². The zero-order valence-electron chi connectivity index (χ0n) is 10.4. The zero-order valence-corrected chi connectivity index (χ0v) is 11.2. The molecule has 3 rings (SSSR count). The van der Waals surface area contributed by atoms with Gasteiger partial charge in [0.2, 0.25) is 0 Å². The number of fused-ring (bicyclic) bond motifs is 2. The molecule has 0 saturated heterocycles. The molecule has 2 aliphatic carbocycles. The summed E-state index contributed by atoms with van der Waals surface area (Å²) in [6.45, 7) is 3.87. The first-order chi connectivity index (χ1) is 8.87. The van der Waals surface area contributed by atoms with Gasteiger partial charge in [0, 0.05) is 0 Å². The van der Waals surface area contributed by atoms with Crippen molar-refractivity contribution in [3.8, 4) is 0 Å². The summed E-state index contributed by atoms with van der Waals surface area (Å²) in [4.78, 5) is 0. The molecule has 0 aliphatic heterocycles. The third kappa shape index (κ3) is 1.82. The highest BCUT2D eigenvalue weighted by molar-refractivity contribution is 6.30. The van der Waals surface area contributed by atoms with E-state index >= 15 is 0 Å². The van der Waals surface area contributed by atoms with Crippen LogP contribution < -0.4 is 0 Å². The van der Waals surface area contributed by atoms with Crippen LogP contribution in [0.3, 0.4) is 0 Å². The normalized spacial score (nSPS) is 32.8. The van der Waals surface area contributed by atoms with Crippen LogP contribution in [0.5, 0.6) is 0 Å². The summed E-state index contributed by atoms with van der Waals surface area (Å²) in [7, 11) is 0. The number of hydrogen-bond donors (Lipinski definition) is 0. The van der Waals surface area contributed by atoms with Crippen LogP contribution in [0.25, 0.3) is 5.57 Å². The second-order valence-electron chi connectivity index (χ2n) is 5.80. The molecule has 4 heteroatoms. The zero-order chi connectivity index (χ0) is 13.8. The molecular formula is C15H14ClF3. The van der Waals surface area contributed by atoms with Crippen LogP contribution in [-0.4, -0.2) is 5.67 Å². The van der Waals surface area contributed by atoms with Gasteiger partial charge in [-0.2, -0.15) is 0 Å². The van der Waals surface area contributed by atoms with E-state index in [1.807, 2.05) is 0 Å². The summed E-state index contributed by atoms with van der Waals surface area (Å²) in [6.07, 6.45) is 2.44. The minimum absolute atomic E-state index is 0.128. The van der Waals surface area contributed by atoms with Crippen LogP contribution >= 0.6 is 11.6 Å². The number of halogens is 4. The van der Waals surface area contributed by atoms with Gasteiger partial charge in [0.05, 0.1) is 10.6 Å². The van der Waals surface area contributed by atoms with Crippen molar-refractivity contribution < 1.29 is 13.2 Å². The Labute approximate surface area is 115 Å². The van der Waals surface area contributed by atoms with E-state index < -0.39 is 22.7 Å². The fourth-order valence-corrected chi connectivity index (χ4v) is 3.77. The van der Waals surface area contributed by atoms with Crippen LogP contribution in [0.15, 0.2) is 18.7 Å². The first-order valence-corrected chi connectivity index (χ1v) is 6.77. The van der Waals surface area contributed by atoms with E-state index in [0.717, 1.165) is 6.07 Å². The standard InChI is InChI=1S/C15H14ClF3/c1-9(12-11(17)3-2-10(16)13(12)18)14-4-6-15(19,8-14)7-5-14/h2-3H,1,4-8H2. The van der Waals surface area contributed by atoms with Gasteiger partial charge in [-0.25, -0.2) is 13.2 Å². The lowest BCUT2D eigenvalue weighted by atomic mass is 9.75. The fourth-order valence-electron chi connectivity index (χ4n) is 3.61. The minimum atomic E-state index is -1.17. The van der Waals surface area contributed by atoms with Gasteiger partial charge in [-0.1, -0.05) is 18.2 Å². The van der Waals surface area contributed by atoms with Crippen molar-refractivity contribution in [2.24, 2.45) is 5.41 Å². The molecule has 0 atom stereocenters. The smallest absolute Gasteiger partial charge is 0.152 e. The Hall–Kier alpha value is -0.960. The van der Waals surface area contributed by atoms with E-state index in [1.54, 1.807) is 0 Å². The molecule has 0 N–H and O–H groups in total. The molecule has 0 amide bonds. The van der Waals surface area contributed by atoms with E-state index in [2.05, 4.69) is 6.58 Å². The number of allylic oxidation sites excluding steroid dienone is 1. The molecule has 2 aliphatic rings. The molecule has 0 heterocycles. The number of benzene rings is 1. The largest absolute Gasteiger partial charge is 0.244 e. The van der Waals surface area contributed by atoms with Crippen molar-refractivity contribution in [2.45, 2.75) is 37.8 Å². The third-order valence-corrected chi connectivity index (χ3v) is 5.04. The van der Waals surface area contributed by atoms with Gasteiger partial charge in [0.1, 0.15) is 11.5 Å². The fraction of sp³-hybridized carbons (Fsp3) is 0.467. The Kier molecular flexibility index (Phi) is 2.76. The highest BCUT2D eigenvalue weighted by atomic mass is 35.5. The molecule has 0 aromatic heterocycles. The number of alkyl halides is 1. The van der Waals surface area contributed by atoms with Crippen LogP contribution in [0.1, 0.15) is 37.7 Å². The monoisotopic (exact) mass is 286 g/mol. The van der Waals surface area contributed by atoms with E-state index in [4.69, 9.17) is 11.6 Å². The van der Waals surface area contributed by atoms with E-state index in [9.17, 15) is 13.2 Å². The van der Waals surface area contributed by atoms with E-state index in [1.165, 1.54) is 6.07 Å². The highest BCUT2D eigenvalue weighted by Crippen LogP contribution is 2.63. The maximum atomic E-state index is 14.2. The quantitative estimate of drug-likeness (QED) is 0.647. The summed E-state index contributed by atoms with van der Waals surface area (Å²) in [6, 6.07) is 2.32. The Morgan fingerprint density at radius 2 is 1.79 bits per heavy atom. The molecule has 1 aromatic carbocycles. The average Bonchev–Trinajstić information content (AvgIpc) is 2.89. The van der Waals surface area contributed by atoms with Gasteiger partial charge in [-0.3, -0.25) is 0 Å². The summed E-state index contributed by atoms with van der Waals surface area (Å²) in [5.41, 5.74) is -1.48. The Morgan fingerprint density at radius 1 is 1.16 bits per heavy atom. The lowest BCUT2D eigenvalue weighted by Gasteiger charge is -2.29. The molecule has 0 unspecified atom stereocenters. The first kappa shape index (κ1) is 13.0. The Balaban J connectivity index is 2.05. The summed E-state index contributed by atoms with van der Waals surface area (Å²) in [5, 5.41) is -0.128. The van der Waals surface area contributed by atoms with Crippen molar-refractivity contribution in [3.63, 3.8) is 0 Å². The predicted molar refractivity (Wildman–Crippen MR) is 69.8 cm³/mol. The van der Waals surface area contributed by atoms with Gasteiger partial charge < -0.3 is 0 Å². The average molecular weight is 287 g/mol. The van der Waals surface area contributed by atoms with Crippen molar-refractivity contribution in [3.05, 3.63) is 40.9 Å². The minimum Gasteiger partial charge on any atom is -0.244 e. The lowest BCUT2D eigenvalue weighted by Crippen LogP contribution is -2.17. The van der Waals surface area contributed by atoms with Crippen LogP contribution in [-0.2, 0) is 0 Å². The molecule has 0 spiro atoms. The van der Waals surface area contributed by atoms with Crippen molar-refractivity contribution in [1.82, 2.24) is 0 Å². The molecule has 19 heavy (non-hydrogen) atoms. The molecular weight excluding hydrogens is 273 g/mol. The van der Waals surface area contributed by atoms with Crippen LogP contribution in [0, 0.1) is 17.0 Å². The molecule has 1 aromatic rings. The molecule has 2 bridgehead atoms. The maximum absolute atomic E-state index is 14.2. The Bertz CT molecular complexity index is 557. The van der Waals surface area contributed by atoms with Gasteiger partial charge >= 0.3 is 0 Å². The van der Waals surface area contributed by atoms with E-state index in [-0.39, 0.29) is 10.6 Å². The molecule has 102 valence electrons. The van der Waals surface area contributed by atoms with Crippen molar-refractivity contribution >= 4 is 17.2 Å². The van der Waals surface area contributed by atoms with Crippen molar-refractivity contribution in [1.29, 1.82) is 0 Å². The molecule has 0 radical (unpaired) electrons. The number of hydrogen-bond acceptors (Lipinski definition) is 0. The van der Waals surface area contributed by atoms with Crippen LogP contribution in [0.2, 0.25) is 5.02 Å². The van der Waals surface area contributed by atoms with Gasteiger partial charge in [-0.15, -0.1) is 0 Å². The first-order valence-electron chi connectivity index (χ1n) is 6.39.